The summed E-state index contributed by atoms with van der Waals surface area (Å²) in [7, 11) is 3.13. The molecule has 0 amide bonds. The molecule has 1 heterocycles. The summed E-state index contributed by atoms with van der Waals surface area (Å²) >= 11 is 1.27. The number of nitrogens with zero attached hydrogens (tertiary/aromatic N) is 1. The van der Waals surface area contributed by atoms with Crippen molar-refractivity contribution in [3.8, 4) is 22.8 Å². The number of methoxy groups -OCH3 is 2. The van der Waals surface area contributed by atoms with Crippen LogP contribution in [0.4, 0.5) is 10.8 Å². The standard InChI is InChI=1S/C20H20N2O4S/c1-12-4-6-13(7-5-12)21-20-22-19(17(27-20)11-18(23)24)15-10-14(25-2)8-9-16(15)26-3/h4-10H,11H2,1-3H3,(H,21,22)(H,23,24)/p-1. The molecule has 7 heteroatoms. The number of aromatic nitrogens is 1. The number of thiazole rings is 1. The summed E-state index contributed by atoms with van der Waals surface area (Å²) in [6.45, 7) is 2.01. The number of carbonyl (C=O) groups is 1. The van der Waals surface area contributed by atoms with Gasteiger partial charge in [0.05, 0.1) is 19.9 Å². The number of ether oxygens (including phenoxy) is 2. The van der Waals surface area contributed by atoms with Crippen molar-refractivity contribution in [2.24, 2.45) is 0 Å². The number of hydrogen-bond acceptors (Lipinski definition) is 7. The Hall–Kier alpha value is -3.06. The number of benzene rings is 2. The van der Waals surface area contributed by atoms with Crippen molar-refractivity contribution in [2.45, 2.75) is 13.3 Å². The third-order valence-corrected chi connectivity index (χ3v) is 4.94. The summed E-state index contributed by atoms with van der Waals surface area (Å²) in [5.74, 6) is 0.0532. The summed E-state index contributed by atoms with van der Waals surface area (Å²) in [6.07, 6.45) is -0.233. The van der Waals surface area contributed by atoms with Crippen LogP contribution in [0.25, 0.3) is 11.3 Å². The SMILES string of the molecule is COc1ccc(OC)c(-c2nc(Nc3ccc(C)cc3)sc2CC(=O)[O-])c1. The minimum absolute atomic E-state index is 0.233. The molecule has 0 fully saturated rings. The molecule has 0 saturated carbocycles. The number of hydrogen-bond donors (Lipinski definition) is 1. The van der Waals surface area contributed by atoms with E-state index in [2.05, 4.69) is 10.3 Å². The van der Waals surface area contributed by atoms with Gasteiger partial charge in [-0.25, -0.2) is 4.98 Å². The average Bonchev–Trinajstić information content (AvgIpc) is 3.04. The van der Waals surface area contributed by atoms with Gasteiger partial charge < -0.3 is 24.7 Å². The Labute approximate surface area is 161 Å². The van der Waals surface area contributed by atoms with Crippen LogP contribution in [0.2, 0.25) is 0 Å². The van der Waals surface area contributed by atoms with E-state index >= 15 is 0 Å². The fraction of sp³-hybridized carbons (Fsp3) is 0.200. The number of carboxylic acids is 1. The zero-order chi connectivity index (χ0) is 19.4. The molecular weight excluding hydrogens is 364 g/mol. The minimum Gasteiger partial charge on any atom is -0.550 e. The smallest absolute Gasteiger partial charge is 0.187 e. The lowest BCUT2D eigenvalue weighted by Crippen LogP contribution is -2.24. The maximum atomic E-state index is 11.2. The van der Waals surface area contributed by atoms with Gasteiger partial charge in [0.2, 0.25) is 0 Å². The van der Waals surface area contributed by atoms with Gasteiger partial charge in [0.1, 0.15) is 11.5 Å². The van der Waals surface area contributed by atoms with Crippen molar-refractivity contribution >= 4 is 28.1 Å². The van der Waals surface area contributed by atoms with Crippen molar-refractivity contribution in [2.75, 3.05) is 19.5 Å². The maximum Gasteiger partial charge on any atom is 0.187 e. The molecule has 3 aromatic rings. The monoisotopic (exact) mass is 383 g/mol. The highest BCUT2D eigenvalue weighted by Gasteiger charge is 2.18. The summed E-state index contributed by atoms with van der Waals surface area (Å²) in [6, 6.07) is 13.2. The van der Waals surface area contributed by atoms with E-state index in [0.717, 1.165) is 11.3 Å². The third-order valence-electron chi connectivity index (χ3n) is 3.97. The van der Waals surface area contributed by atoms with Crippen molar-refractivity contribution in [1.29, 1.82) is 0 Å². The number of carboxylic acid groups (broad SMARTS) is 1. The first-order valence-electron chi connectivity index (χ1n) is 8.25. The molecule has 6 nitrogen and oxygen atoms in total. The highest BCUT2D eigenvalue weighted by Crippen LogP contribution is 2.39. The Morgan fingerprint density at radius 1 is 1.15 bits per heavy atom. The van der Waals surface area contributed by atoms with Crippen molar-refractivity contribution < 1.29 is 19.4 Å². The molecule has 1 aromatic heterocycles. The molecule has 0 bridgehead atoms. The van der Waals surface area contributed by atoms with Gasteiger partial charge in [-0.2, -0.15) is 0 Å². The van der Waals surface area contributed by atoms with Gasteiger partial charge >= 0.3 is 0 Å². The van der Waals surface area contributed by atoms with Crippen LogP contribution in [0.5, 0.6) is 11.5 Å². The predicted octanol–water partition coefficient (Wildman–Crippen LogP) is 3.17. The van der Waals surface area contributed by atoms with Crippen molar-refractivity contribution in [3.05, 3.63) is 52.9 Å². The van der Waals surface area contributed by atoms with Gasteiger partial charge in [0, 0.05) is 28.5 Å². The maximum absolute atomic E-state index is 11.2. The first kappa shape index (κ1) is 18.7. The molecule has 0 spiro atoms. The second-order valence-corrected chi connectivity index (χ2v) is 6.98. The van der Waals surface area contributed by atoms with E-state index in [4.69, 9.17) is 9.47 Å². The summed E-state index contributed by atoms with van der Waals surface area (Å²) < 4.78 is 10.7. The van der Waals surface area contributed by atoms with E-state index in [9.17, 15) is 9.90 Å². The third kappa shape index (κ3) is 4.38. The molecule has 1 N–H and O–H groups in total. The molecule has 27 heavy (non-hydrogen) atoms. The Balaban J connectivity index is 2.04. The lowest BCUT2D eigenvalue weighted by Gasteiger charge is -2.10. The topological polar surface area (TPSA) is 83.5 Å². The number of anilines is 2. The zero-order valence-corrected chi connectivity index (χ0v) is 16.1. The highest BCUT2D eigenvalue weighted by molar-refractivity contribution is 7.16. The van der Waals surface area contributed by atoms with Gasteiger partial charge in [-0.1, -0.05) is 17.7 Å². The van der Waals surface area contributed by atoms with Crippen molar-refractivity contribution in [1.82, 2.24) is 4.98 Å². The van der Waals surface area contributed by atoms with Gasteiger partial charge in [-0.15, -0.1) is 11.3 Å². The van der Waals surface area contributed by atoms with Gasteiger partial charge in [-0.05, 0) is 37.3 Å². The molecule has 0 atom stereocenters. The largest absolute Gasteiger partial charge is 0.550 e. The Kier molecular flexibility index (Phi) is 5.61. The average molecular weight is 383 g/mol. The van der Waals surface area contributed by atoms with Gasteiger partial charge in [0.25, 0.3) is 0 Å². The number of nitrogens with one attached hydrogen (secondary N) is 1. The summed E-state index contributed by atoms with van der Waals surface area (Å²) in [5.41, 5.74) is 3.23. The predicted molar refractivity (Wildman–Crippen MR) is 104 cm³/mol. The summed E-state index contributed by atoms with van der Waals surface area (Å²) in [5, 5.41) is 15.0. The second kappa shape index (κ2) is 8.09. The lowest BCUT2D eigenvalue weighted by molar-refractivity contribution is -0.304. The number of carbonyl (C=O) groups excluding carboxylic acids is 1. The van der Waals surface area contributed by atoms with Gasteiger partial charge in [-0.3, -0.25) is 0 Å². The Morgan fingerprint density at radius 3 is 2.52 bits per heavy atom. The molecular formula is C20H19N2O4S-. The highest BCUT2D eigenvalue weighted by atomic mass is 32.1. The molecule has 0 unspecified atom stereocenters. The van der Waals surface area contributed by atoms with Crippen LogP contribution in [-0.4, -0.2) is 25.2 Å². The number of aryl methyl sites for hydroxylation is 1. The first-order valence-corrected chi connectivity index (χ1v) is 9.07. The van der Waals surface area contributed by atoms with Crippen molar-refractivity contribution in [3.63, 3.8) is 0 Å². The first-order chi connectivity index (χ1) is 13.0. The van der Waals surface area contributed by atoms with Gasteiger partial charge in [0.15, 0.2) is 5.13 Å². The number of rotatable bonds is 7. The van der Waals surface area contributed by atoms with Crippen LogP contribution in [0.3, 0.4) is 0 Å². The minimum atomic E-state index is -1.16. The van der Waals surface area contributed by atoms with E-state index in [1.807, 2.05) is 31.2 Å². The lowest BCUT2D eigenvalue weighted by atomic mass is 10.1. The fourth-order valence-corrected chi connectivity index (χ4v) is 3.61. The normalized spacial score (nSPS) is 10.5. The second-order valence-electron chi connectivity index (χ2n) is 5.90. The molecule has 0 saturated heterocycles. The molecule has 0 aliphatic rings. The molecule has 0 aliphatic carbocycles. The Morgan fingerprint density at radius 2 is 1.89 bits per heavy atom. The molecule has 0 aliphatic heterocycles. The van der Waals surface area contributed by atoms with E-state index in [-0.39, 0.29) is 6.42 Å². The van der Waals surface area contributed by atoms with E-state index in [1.54, 1.807) is 32.4 Å². The van der Waals surface area contributed by atoms with Crippen LogP contribution in [0.15, 0.2) is 42.5 Å². The van der Waals surface area contributed by atoms with E-state index in [0.29, 0.717) is 32.8 Å². The number of aliphatic carboxylic acids is 1. The molecule has 3 rings (SSSR count). The molecule has 0 radical (unpaired) electrons. The van der Waals surface area contributed by atoms with Crippen LogP contribution in [0.1, 0.15) is 10.4 Å². The van der Waals surface area contributed by atoms with Crippen LogP contribution < -0.4 is 19.9 Å². The zero-order valence-electron chi connectivity index (χ0n) is 15.2. The summed E-state index contributed by atoms with van der Waals surface area (Å²) in [4.78, 5) is 16.4. The fourth-order valence-electron chi connectivity index (χ4n) is 2.63. The van der Waals surface area contributed by atoms with Crippen LogP contribution in [-0.2, 0) is 11.2 Å². The molecule has 2 aromatic carbocycles. The van der Waals surface area contributed by atoms with E-state index in [1.165, 1.54) is 11.3 Å². The van der Waals surface area contributed by atoms with E-state index < -0.39 is 5.97 Å². The molecule has 140 valence electrons. The quantitative estimate of drug-likeness (QED) is 0.675. The van der Waals surface area contributed by atoms with Crippen LogP contribution >= 0.6 is 11.3 Å². The van der Waals surface area contributed by atoms with Crippen LogP contribution in [0, 0.1) is 6.92 Å². The Bertz CT molecular complexity index is 951.